The lowest BCUT2D eigenvalue weighted by Gasteiger charge is -2.25. The number of benzene rings is 3. The van der Waals surface area contributed by atoms with E-state index in [1.165, 1.54) is 16.2 Å². The fourth-order valence-electron chi connectivity index (χ4n) is 2.81. The van der Waals surface area contributed by atoms with Crippen molar-refractivity contribution in [3.05, 3.63) is 96.6 Å². The second-order valence-electron chi connectivity index (χ2n) is 5.53. The predicted molar refractivity (Wildman–Crippen MR) is 102 cm³/mol. The Labute approximate surface area is 140 Å². The van der Waals surface area contributed by atoms with Gasteiger partial charge in [0, 0.05) is 6.04 Å². The largest absolute Gasteiger partial charge is 0.313 e. The molecular formula is C21H22NP. The molecule has 3 aromatic rings. The van der Waals surface area contributed by atoms with Crippen LogP contribution in [0.1, 0.15) is 11.6 Å². The van der Waals surface area contributed by atoms with E-state index in [4.69, 9.17) is 0 Å². The van der Waals surface area contributed by atoms with Gasteiger partial charge in [-0.15, -0.1) is 0 Å². The quantitative estimate of drug-likeness (QED) is 0.675. The van der Waals surface area contributed by atoms with E-state index in [-0.39, 0.29) is 7.92 Å². The van der Waals surface area contributed by atoms with Crippen molar-refractivity contribution in [2.24, 2.45) is 0 Å². The van der Waals surface area contributed by atoms with Gasteiger partial charge in [0.2, 0.25) is 0 Å². The maximum atomic E-state index is 3.50. The molecule has 1 nitrogen and oxygen atoms in total. The van der Waals surface area contributed by atoms with Gasteiger partial charge < -0.3 is 5.32 Å². The van der Waals surface area contributed by atoms with Gasteiger partial charge in [0.1, 0.15) is 0 Å². The van der Waals surface area contributed by atoms with E-state index >= 15 is 0 Å². The van der Waals surface area contributed by atoms with Crippen LogP contribution in [0.4, 0.5) is 0 Å². The van der Waals surface area contributed by atoms with Crippen molar-refractivity contribution in [2.45, 2.75) is 6.04 Å². The summed E-state index contributed by atoms with van der Waals surface area (Å²) in [5.74, 6) is 0. The van der Waals surface area contributed by atoms with Crippen molar-refractivity contribution in [2.75, 3.05) is 13.2 Å². The van der Waals surface area contributed by atoms with Gasteiger partial charge in [-0.2, -0.15) is 0 Å². The summed E-state index contributed by atoms with van der Waals surface area (Å²) in [6.45, 7) is 0. The van der Waals surface area contributed by atoms with Crippen LogP contribution >= 0.6 is 7.92 Å². The highest BCUT2D eigenvalue weighted by Gasteiger charge is 2.19. The molecule has 0 bridgehead atoms. The van der Waals surface area contributed by atoms with Crippen LogP contribution in [0.5, 0.6) is 0 Å². The normalized spacial score (nSPS) is 12.3. The molecule has 0 unspecified atom stereocenters. The zero-order valence-corrected chi connectivity index (χ0v) is 14.3. The third-order valence-electron chi connectivity index (χ3n) is 4.05. The van der Waals surface area contributed by atoms with Crippen molar-refractivity contribution in [1.82, 2.24) is 5.32 Å². The maximum Gasteiger partial charge on any atom is 0.0363 e. The molecule has 0 fully saturated rings. The molecule has 116 valence electrons. The van der Waals surface area contributed by atoms with Crippen molar-refractivity contribution < 1.29 is 0 Å². The summed E-state index contributed by atoms with van der Waals surface area (Å²) in [5, 5.41) is 6.37. The Kier molecular flexibility index (Phi) is 5.58. The van der Waals surface area contributed by atoms with E-state index in [1.807, 2.05) is 0 Å². The summed E-state index contributed by atoms with van der Waals surface area (Å²) in [4.78, 5) is 0. The molecule has 0 amide bonds. The van der Waals surface area contributed by atoms with Crippen LogP contribution < -0.4 is 15.9 Å². The van der Waals surface area contributed by atoms with Crippen molar-refractivity contribution in [3.8, 4) is 0 Å². The molecule has 0 saturated carbocycles. The monoisotopic (exact) mass is 319 g/mol. The van der Waals surface area contributed by atoms with E-state index in [0.29, 0.717) is 6.04 Å². The third kappa shape index (κ3) is 4.07. The summed E-state index contributed by atoms with van der Waals surface area (Å²) in [5.41, 5.74) is 1.36. The first kappa shape index (κ1) is 15.9. The highest BCUT2D eigenvalue weighted by Crippen LogP contribution is 2.37. The van der Waals surface area contributed by atoms with Gasteiger partial charge in [-0.05, 0) is 37.3 Å². The van der Waals surface area contributed by atoms with Gasteiger partial charge in [0.15, 0.2) is 0 Å². The van der Waals surface area contributed by atoms with Gasteiger partial charge in [-0.1, -0.05) is 91.0 Å². The highest BCUT2D eigenvalue weighted by atomic mass is 31.1. The molecule has 0 aliphatic carbocycles. The molecule has 0 saturated heterocycles. The smallest absolute Gasteiger partial charge is 0.0363 e. The molecule has 0 spiro atoms. The van der Waals surface area contributed by atoms with Gasteiger partial charge in [-0.25, -0.2) is 0 Å². The summed E-state index contributed by atoms with van der Waals surface area (Å²) in [7, 11) is 1.67. The lowest BCUT2D eigenvalue weighted by Crippen LogP contribution is -2.24. The fourth-order valence-corrected chi connectivity index (χ4v) is 5.35. The van der Waals surface area contributed by atoms with Crippen LogP contribution in [-0.2, 0) is 0 Å². The highest BCUT2D eigenvalue weighted by molar-refractivity contribution is 7.73. The molecule has 0 radical (unpaired) electrons. The van der Waals surface area contributed by atoms with Crippen molar-refractivity contribution in [3.63, 3.8) is 0 Å². The van der Waals surface area contributed by atoms with Crippen LogP contribution in [0.25, 0.3) is 0 Å². The van der Waals surface area contributed by atoms with Gasteiger partial charge in [-0.3, -0.25) is 0 Å². The second-order valence-corrected chi connectivity index (χ2v) is 7.79. The minimum Gasteiger partial charge on any atom is -0.313 e. The minimum atomic E-state index is -0.382. The Morgan fingerprint density at radius 2 is 1.13 bits per heavy atom. The Hall–Kier alpha value is -1.95. The first-order valence-electron chi connectivity index (χ1n) is 7.98. The summed E-state index contributed by atoms with van der Waals surface area (Å²) >= 11 is 0. The van der Waals surface area contributed by atoms with Crippen molar-refractivity contribution in [1.29, 1.82) is 0 Å². The van der Waals surface area contributed by atoms with Gasteiger partial charge in [0.05, 0.1) is 0 Å². The molecule has 3 rings (SSSR count). The summed E-state index contributed by atoms with van der Waals surface area (Å²) in [6, 6.07) is 32.9. The molecule has 23 heavy (non-hydrogen) atoms. The van der Waals surface area contributed by atoms with Crippen LogP contribution in [0, 0.1) is 0 Å². The first-order chi connectivity index (χ1) is 11.4. The molecule has 1 atom stereocenters. The number of hydrogen-bond donors (Lipinski definition) is 1. The fraction of sp³-hybridized carbons (Fsp3) is 0.143. The maximum absolute atomic E-state index is 3.50. The molecule has 0 aromatic heterocycles. The van der Waals surface area contributed by atoms with E-state index in [0.717, 1.165) is 6.16 Å². The zero-order chi connectivity index (χ0) is 15.9. The van der Waals surface area contributed by atoms with E-state index < -0.39 is 0 Å². The third-order valence-corrected chi connectivity index (χ3v) is 6.62. The van der Waals surface area contributed by atoms with E-state index in [1.54, 1.807) is 0 Å². The molecule has 3 aromatic carbocycles. The standard InChI is InChI=1S/C21H22NP/c1-22-21(18-11-5-2-6-12-18)17-23(19-13-7-3-8-14-19)20-15-9-4-10-16-20/h2-16,21-22H,17H2,1H3/t21-/m1/s1. The van der Waals surface area contributed by atoms with E-state index in [2.05, 4.69) is 103 Å². The van der Waals surface area contributed by atoms with Gasteiger partial charge >= 0.3 is 0 Å². The molecule has 0 aliphatic heterocycles. The van der Waals surface area contributed by atoms with Crippen LogP contribution in [0.2, 0.25) is 0 Å². The number of rotatable bonds is 6. The number of nitrogens with one attached hydrogen (secondary N) is 1. The van der Waals surface area contributed by atoms with E-state index in [9.17, 15) is 0 Å². The SMILES string of the molecule is CN[C@H](CP(c1ccccc1)c1ccccc1)c1ccccc1. The molecule has 2 heteroatoms. The average molecular weight is 319 g/mol. The predicted octanol–water partition coefficient (Wildman–Crippen LogP) is 4.08. The van der Waals surface area contributed by atoms with Crippen LogP contribution in [0.3, 0.4) is 0 Å². The molecule has 0 heterocycles. The summed E-state index contributed by atoms with van der Waals surface area (Å²) < 4.78 is 0. The second kappa shape index (κ2) is 8.06. The summed E-state index contributed by atoms with van der Waals surface area (Å²) in [6.07, 6.45) is 1.10. The molecule has 0 aliphatic rings. The Bertz CT molecular complexity index is 658. The topological polar surface area (TPSA) is 12.0 Å². The van der Waals surface area contributed by atoms with Gasteiger partial charge in [0.25, 0.3) is 0 Å². The zero-order valence-electron chi connectivity index (χ0n) is 13.4. The molecule has 1 N–H and O–H groups in total. The average Bonchev–Trinajstić information content (AvgIpc) is 2.65. The number of hydrogen-bond acceptors (Lipinski definition) is 1. The Balaban J connectivity index is 1.93. The minimum absolute atomic E-state index is 0.364. The van der Waals surface area contributed by atoms with Crippen LogP contribution in [-0.4, -0.2) is 13.2 Å². The van der Waals surface area contributed by atoms with Crippen molar-refractivity contribution >= 4 is 18.5 Å². The Morgan fingerprint density at radius 1 is 0.696 bits per heavy atom. The Morgan fingerprint density at radius 3 is 1.57 bits per heavy atom. The lowest BCUT2D eigenvalue weighted by atomic mass is 10.1. The lowest BCUT2D eigenvalue weighted by molar-refractivity contribution is 0.660. The van der Waals surface area contributed by atoms with Crippen LogP contribution in [0.15, 0.2) is 91.0 Å². The molecular weight excluding hydrogens is 297 g/mol. The first-order valence-corrected chi connectivity index (χ1v) is 9.51.